The number of aromatic nitrogens is 1. The van der Waals surface area contributed by atoms with Gasteiger partial charge in [0, 0.05) is 38.3 Å². The van der Waals surface area contributed by atoms with Crippen LogP contribution >= 0.6 is 23.2 Å². The molecule has 0 saturated carbocycles. The number of carbonyl (C=O) groups is 3. The molecule has 0 spiro atoms. The van der Waals surface area contributed by atoms with Crippen molar-refractivity contribution in [3.8, 4) is 11.3 Å². The number of nitrogens with zero attached hydrogens (tertiary/aromatic N) is 3. The summed E-state index contributed by atoms with van der Waals surface area (Å²) in [5.41, 5.74) is 1.60. The molecule has 0 bridgehead atoms. The van der Waals surface area contributed by atoms with E-state index in [1.54, 1.807) is 24.3 Å². The maximum Gasteiger partial charge on any atom is 0.414 e. The van der Waals surface area contributed by atoms with E-state index < -0.39 is 62.0 Å². The number of amides is 5. The predicted octanol–water partition coefficient (Wildman–Crippen LogP) is 7.16. The Morgan fingerprint density at radius 3 is 2.04 bits per heavy atom. The molecule has 1 atom stereocenters. The predicted molar refractivity (Wildman–Crippen MR) is 173 cm³/mol. The molecule has 4 rings (SSSR count). The van der Waals surface area contributed by atoms with E-state index in [0.717, 1.165) is 22.6 Å². The first-order valence-corrected chi connectivity index (χ1v) is 15.3. The molecule has 11 nitrogen and oxygen atoms in total. The maximum absolute atomic E-state index is 13.9. The van der Waals surface area contributed by atoms with Crippen LogP contribution in [-0.4, -0.2) is 72.3 Å². The van der Waals surface area contributed by atoms with Gasteiger partial charge in [0.15, 0.2) is 0 Å². The average Bonchev–Trinajstić information content (AvgIpc) is 3.55. The molecule has 0 unspecified atom stereocenters. The molecule has 17 heteroatoms. The van der Waals surface area contributed by atoms with Crippen LogP contribution in [0.2, 0.25) is 10.0 Å². The Morgan fingerprint density at radius 2 is 1.45 bits per heavy atom. The second kappa shape index (κ2) is 17.4. The number of urea groups is 2. The summed E-state index contributed by atoms with van der Waals surface area (Å²) in [6.45, 7) is -2.71. The van der Waals surface area contributed by atoms with Crippen LogP contribution in [0.15, 0.2) is 77.3 Å². The number of hydrogen-bond donors (Lipinski definition) is 3. The molecule has 0 saturated heterocycles. The van der Waals surface area contributed by atoms with Gasteiger partial charge in [-0.25, -0.2) is 31.9 Å². The SMILES string of the molecule is CN(C(=O)NCc1cccc(F)c1Cl)[C@H](COC(=O)Nc1cc(-c2ccccc2)no1)CN(CC(F)F)C(=O)NCc1cccc(F)c1Cl. The van der Waals surface area contributed by atoms with Crippen molar-refractivity contribution in [3.63, 3.8) is 0 Å². The minimum Gasteiger partial charge on any atom is -0.447 e. The Bertz CT molecular complexity index is 1750. The highest BCUT2D eigenvalue weighted by Gasteiger charge is 2.29. The van der Waals surface area contributed by atoms with Gasteiger partial charge in [-0.2, -0.15) is 0 Å². The molecule has 0 fully saturated rings. The van der Waals surface area contributed by atoms with Crippen LogP contribution in [0.25, 0.3) is 11.3 Å². The Hall–Kier alpha value is -5.02. The van der Waals surface area contributed by atoms with Gasteiger partial charge in [0.05, 0.1) is 22.6 Å². The van der Waals surface area contributed by atoms with Gasteiger partial charge in [0.25, 0.3) is 6.43 Å². The molecule has 49 heavy (non-hydrogen) atoms. The number of halogens is 6. The minimum atomic E-state index is -2.99. The standard InChI is InChI=1S/C32H30Cl2F4N6O5/c1-43(30(45)39-14-20-9-5-11-23(35)28(20)33)22(18-48-32(47)41-27-13-25(42-49-27)19-7-3-2-4-8-19)16-44(17-26(37)38)31(46)40-15-21-10-6-12-24(36)29(21)34/h2-13,22,26H,14-18H2,1H3,(H,39,45)(H,40,46)(H,41,47)/t22-/m0/s1. The molecular formula is C32H30Cl2F4N6O5. The zero-order valence-corrected chi connectivity index (χ0v) is 27.3. The lowest BCUT2D eigenvalue weighted by Crippen LogP contribution is -2.54. The highest BCUT2D eigenvalue weighted by atomic mass is 35.5. The summed E-state index contributed by atoms with van der Waals surface area (Å²) in [7, 11) is 1.28. The first kappa shape index (κ1) is 36.8. The van der Waals surface area contributed by atoms with Crippen molar-refractivity contribution in [2.45, 2.75) is 25.6 Å². The van der Waals surface area contributed by atoms with Crippen molar-refractivity contribution in [2.24, 2.45) is 0 Å². The Labute approximate surface area is 288 Å². The van der Waals surface area contributed by atoms with E-state index in [1.807, 2.05) is 6.07 Å². The van der Waals surface area contributed by atoms with Crippen molar-refractivity contribution < 1.29 is 41.2 Å². The van der Waals surface area contributed by atoms with Crippen molar-refractivity contribution >= 4 is 47.2 Å². The van der Waals surface area contributed by atoms with Crippen LogP contribution in [0.1, 0.15) is 11.1 Å². The molecule has 0 aliphatic rings. The lowest BCUT2D eigenvalue weighted by Gasteiger charge is -2.33. The molecule has 4 aromatic rings. The molecule has 5 amide bonds. The topological polar surface area (TPSA) is 129 Å². The van der Waals surface area contributed by atoms with E-state index in [2.05, 4.69) is 21.1 Å². The van der Waals surface area contributed by atoms with E-state index in [4.69, 9.17) is 32.5 Å². The Kier molecular flexibility index (Phi) is 13.1. The fourth-order valence-corrected chi connectivity index (χ4v) is 4.84. The summed E-state index contributed by atoms with van der Waals surface area (Å²) in [6.07, 6.45) is -4.03. The van der Waals surface area contributed by atoms with Gasteiger partial charge in [0.2, 0.25) is 5.88 Å². The Balaban J connectivity index is 1.47. The first-order valence-electron chi connectivity index (χ1n) is 14.6. The van der Waals surface area contributed by atoms with Crippen LogP contribution in [0, 0.1) is 11.6 Å². The van der Waals surface area contributed by atoms with E-state index >= 15 is 0 Å². The number of nitrogens with one attached hydrogen (secondary N) is 3. The van der Waals surface area contributed by atoms with Gasteiger partial charge < -0.3 is 29.7 Å². The monoisotopic (exact) mass is 724 g/mol. The van der Waals surface area contributed by atoms with E-state index in [0.29, 0.717) is 10.6 Å². The van der Waals surface area contributed by atoms with Crippen LogP contribution in [0.3, 0.4) is 0 Å². The van der Waals surface area contributed by atoms with Gasteiger partial charge in [-0.15, -0.1) is 0 Å². The van der Waals surface area contributed by atoms with Crippen LogP contribution < -0.4 is 16.0 Å². The molecule has 260 valence electrons. The number of hydrogen-bond acceptors (Lipinski definition) is 6. The zero-order valence-electron chi connectivity index (χ0n) is 25.8. The second-order valence-electron chi connectivity index (χ2n) is 10.5. The summed E-state index contributed by atoms with van der Waals surface area (Å²) in [6, 6.07) is 15.4. The fourth-order valence-electron chi connectivity index (χ4n) is 4.45. The summed E-state index contributed by atoms with van der Waals surface area (Å²) < 4.78 is 65.5. The zero-order chi connectivity index (χ0) is 35.5. The molecule has 0 aliphatic carbocycles. The molecule has 1 heterocycles. The van der Waals surface area contributed by atoms with Gasteiger partial charge in [-0.3, -0.25) is 5.32 Å². The highest BCUT2D eigenvalue weighted by Crippen LogP contribution is 2.22. The van der Waals surface area contributed by atoms with Crippen LogP contribution in [0.4, 0.5) is 37.8 Å². The third-order valence-electron chi connectivity index (χ3n) is 7.08. The quantitative estimate of drug-likeness (QED) is 0.126. The summed E-state index contributed by atoms with van der Waals surface area (Å²) >= 11 is 11.9. The number of likely N-dealkylation sites (N-methyl/N-ethyl adjacent to an activating group) is 1. The minimum absolute atomic E-state index is 0.0619. The molecule has 3 aromatic carbocycles. The number of rotatable bonds is 13. The smallest absolute Gasteiger partial charge is 0.414 e. The molecule has 0 radical (unpaired) electrons. The van der Waals surface area contributed by atoms with Gasteiger partial charge in [-0.05, 0) is 23.3 Å². The Morgan fingerprint density at radius 1 is 0.857 bits per heavy atom. The lowest BCUT2D eigenvalue weighted by atomic mass is 10.2. The van der Waals surface area contributed by atoms with E-state index in [-0.39, 0.29) is 40.1 Å². The van der Waals surface area contributed by atoms with Gasteiger partial charge in [0.1, 0.15) is 23.9 Å². The van der Waals surface area contributed by atoms with Crippen LogP contribution in [0.5, 0.6) is 0 Å². The lowest BCUT2D eigenvalue weighted by molar-refractivity contribution is 0.0703. The number of benzene rings is 3. The summed E-state index contributed by atoms with van der Waals surface area (Å²) in [5, 5.41) is 10.7. The van der Waals surface area contributed by atoms with Crippen molar-refractivity contribution in [3.05, 3.63) is 106 Å². The van der Waals surface area contributed by atoms with E-state index in [9.17, 15) is 31.9 Å². The largest absolute Gasteiger partial charge is 0.447 e. The third-order valence-corrected chi connectivity index (χ3v) is 7.93. The molecular weight excluding hydrogens is 695 g/mol. The fraction of sp³-hybridized carbons (Fsp3) is 0.250. The molecule has 3 N–H and O–H groups in total. The molecule has 0 aliphatic heterocycles. The third kappa shape index (κ3) is 10.5. The van der Waals surface area contributed by atoms with E-state index in [1.165, 1.54) is 37.4 Å². The first-order chi connectivity index (χ1) is 23.4. The van der Waals surface area contributed by atoms with Crippen molar-refractivity contribution in [1.29, 1.82) is 0 Å². The van der Waals surface area contributed by atoms with Gasteiger partial charge in [-0.1, -0.05) is 83.0 Å². The van der Waals surface area contributed by atoms with Crippen molar-refractivity contribution in [2.75, 3.05) is 32.1 Å². The average molecular weight is 726 g/mol. The summed E-state index contributed by atoms with van der Waals surface area (Å²) in [4.78, 5) is 40.7. The number of ether oxygens (including phenoxy) is 1. The number of anilines is 1. The molecule has 1 aromatic heterocycles. The van der Waals surface area contributed by atoms with Crippen LogP contribution in [-0.2, 0) is 17.8 Å². The maximum atomic E-state index is 13.9. The van der Waals surface area contributed by atoms with Gasteiger partial charge >= 0.3 is 18.2 Å². The highest BCUT2D eigenvalue weighted by molar-refractivity contribution is 6.31. The normalized spacial score (nSPS) is 11.5. The van der Waals surface area contributed by atoms with Crippen molar-refractivity contribution in [1.82, 2.24) is 25.6 Å². The second-order valence-corrected chi connectivity index (χ2v) is 11.2. The number of alkyl halides is 2. The summed E-state index contributed by atoms with van der Waals surface area (Å²) in [5.74, 6) is -1.50. The number of carbonyl (C=O) groups excluding carboxylic acids is 3.